The van der Waals surface area contributed by atoms with Crippen molar-refractivity contribution < 1.29 is 13.6 Å². The van der Waals surface area contributed by atoms with Crippen LogP contribution in [-0.4, -0.2) is 5.78 Å². The van der Waals surface area contributed by atoms with E-state index in [9.17, 15) is 13.6 Å². The zero-order chi connectivity index (χ0) is 13.3. The normalized spacial score (nSPS) is 10.4. The van der Waals surface area contributed by atoms with Crippen LogP contribution in [0.2, 0.25) is 0 Å². The maximum atomic E-state index is 13.2. The van der Waals surface area contributed by atoms with Crippen molar-refractivity contribution in [3.8, 4) is 0 Å². The number of ketones is 1. The monoisotopic (exact) mass is 358 g/mol. The summed E-state index contributed by atoms with van der Waals surface area (Å²) in [5, 5.41) is 0. The SMILES string of the molecule is Cc1ccc(F)cc1C(=O)c1ccc(F)cc1I. The molecule has 2 aromatic carbocycles. The molecule has 0 radical (unpaired) electrons. The third-order valence-electron chi connectivity index (χ3n) is 2.62. The Balaban J connectivity index is 2.51. The lowest BCUT2D eigenvalue weighted by Gasteiger charge is -2.07. The molecule has 4 heteroatoms. The van der Waals surface area contributed by atoms with Crippen LogP contribution in [0.3, 0.4) is 0 Å². The van der Waals surface area contributed by atoms with E-state index in [2.05, 4.69) is 0 Å². The number of carbonyl (C=O) groups is 1. The summed E-state index contributed by atoms with van der Waals surface area (Å²) in [6.45, 7) is 1.74. The molecule has 2 rings (SSSR count). The summed E-state index contributed by atoms with van der Waals surface area (Å²) in [7, 11) is 0. The summed E-state index contributed by atoms with van der Waals surface area (Å²) < 4.78 is 26.7. The molecule has 0 aliphatic rings. The van der Waals surface area contributed by atoms with Gasteiger partial charge in [0.2, 0.25) is 0 Å². The predicted octanol–water partition coefficient (Wildman–Crippen LogP) is 4.11. The van der Waals surface area contributed by atoms with Gasteiger partial charge in [0.1, 0.15) is 11.6 Å². The van der Waals surface area contributed by atoms with Crippen molar-refractivity contribution >= 4 is 28.4 Å². The highest BCUT2D eigenvalue weighted by atomic mass is 127. The number of halogens is 3. The van der Waals surface area contributed by atoms with E-state index in [-0.39, 0.29) is 5.78 Å². The molecule has 0 saturated heterocycles. The van der Waals surface area contributed by atoms with Crippen LogP contribution in [0.1, 0.15) is 21.5 Å². The van der Waals surface area contributed by atoms with E-state index in [1.807, 2.05) is 22.6 Å². The van der Waals surface area contributed by atoms with Gasteiger partial charge in [0.05, 0.1) is 0 Å². The van der Waals surface area contributed by atoms with Gasteiger partial charge in [0.25, 0.3) is 0 Å². The third kappa shape index (κ3) is 2.58. The Kier molecular flexibility index (Phi) is 3.75. The minimum atomic E-state index is -0.457. The van der Waals surface area contributed by atoms with Gasteiger partial charge < -0.3 is 0 Å². The first-order valence-corrected chi connectivity index (χ1v) is 6.33. The fourth-order valence-corrected chi connectivity index (χ4v) is 2.38. The number of benzene rings is 2. The van der Waals surface area contributed by atoms with E-state index in [1.165, 1.54) is 30.3 Å². The van der Waals surface area contributed by atoms with Crippen LogP contribution in [0.25, 0.3) is 0 Å². The number of rotatable bonds is 2. The highest BCUT2D eigenvalue weighted by molar-refractivity contribution is 14.1. The van der Waals surface area contributed by atoms with Crippen LogP contribution in [-0.2, 0) is 0 Å². The van der Waals surface area contributed by atoms with E-state index in [0.29, 0.717) is 20.3 Å². The predicted molar refractivity (Wildman–Crippen MR) is 73.7 cm³/mol. The van der Waals surface area contributed by atoms with Crippen LogP contribution in [0, 0.1) is 22.1 Å². The molecule has 0 N–H and O–H groups in total. The Morgan fingerprint density at radius 3 is 2.28 bits per heavy atom. The Bertz CT molecular complexity index is 623. The average molecular weight is 358 g/mol. The molecule has 0 aliphatic heterocycles. The quantitative estimate of drug-likeness (QED) is 0.583. The first kappa shape index (κ1) is 13.1. The minimum Gasteiger partial charge on any atom is -0.289 e. The molecule has 0 bridgehead atoms. The second-order valence-corrected chi connectivity index (χ2v) is 5.07. The molecular formula is C14H9F2IO. The topological polar surface area (TPSA) is 17.1 Å². The first-order valence-electron chi connectivity index (χ1n) is 5.25. The van der Waals surface area contributed by atoms with E-state index in [0.717, 1.165) is 0 Å². The van der Waals surface area contributed by atoms with Crippen molar-refractivity contribution in [1.82, 2.24) is 0 Å². The number of hydrogen-bond acceptors (Lipinski definition) is 1. The molecule has 0 unspecified atom stereocenters. The molecule has 0 fully saturated rings. The standard InChI is InChI=1S/C14H9F2IO/c1-8-2-3-9(15)6-12(8)14(18)11-5-4-10(16)7-13(11)17/h2-7H,1H3. The molecule has 1 nitrogen and oxygen atoms in total. The molecule has 2 aromatic rings. The summed E-state index contributed by atoms with van der Waals surface area (Å²) in [5.41, 5.74) is 1.38. The summed E-state index contributed by atoms with van der Waals surface area (Å²) >= 11 is 1.89. The van der Waals surface area contributed by atoms with Crippen molar-refractivity contribution in [1.29, 1.82) is 0 Å². The molecule has 0 spiro atoms. The molecule has 18 heavy (non-hydrogen) atoms. The number of carbonyl (C=O) groups excluding carboxylic acids is 1. The van der Waals surface area contributed by atoms with Gasteiger partial charge in [-0.15, -0.1) is 0 Å². The Morgan fingerprint density at radius 1 is 1.00 bits per heavy atom. The molecular weight excluding hydrogens is 349 g/mol. The summed E-state index contributed by atoms with van der Waals surface area (Å²) in [4.78, 5) is 12.3. The van der Waals surface area contributed by atoms with Gasteiger partial charge in [0, 0.05) is 14.7 Å². The molecule has 0 heterocycles. The van der Waals surface area contributed by atoms with Crippen LogP contribution in [0.5, 0.6) is 0 Å². The lowest BCUT2D eigenvalue weighted by Crippen LogP contribution is -2.06. The van der Waals surface area contributed by atoms with Crippen molar-refractivity contribution in [3.05, 3.63) is 68.3 Å². The van der Waals surface area contributed by atoms with Gasteiger partial charge >= 0.3 is 0 Å². The molecule has 0 amide bonds. The van der Waals surface area contributed by atoms with Gasteiger partial charge in [-0.3, -0.25) is 4.79 Å². The summed E-state index contributed by atoms with van der Waals surface area (Å²) in [5.74, 6) is -1.15. The zero-order valence-corrected chi connectivity index (χ0v) is 11.7. The van der Waals surface area contributed by atoms with E-state index in [4.69, 9.17) is 0 Å². The van der Waals surface area contributed by atoms with E-state index < -0.39 is 11.6 Å². The molecule has 0 saturated carbocycles. The van der Waals surface area contributed by atoms with Gasteiger partial charge in [0.15, 0.2) is 5.78 Å². The van der Waals surface area contributed by atoms with Crippen LogP contribution in [0.15, 0.2) is 36.4 Å². The molecule has 0 aliphatic carbocycles. The zero-order valence-electron chi connectivity index (χ0n) is 9.51. The lowest BCUT2D eigenvalue weighted by atomic mass is 9.99. The molecule has 0 aromatic heterocycles. The van der Waals surface area contributed by atoms with Crippen molar-refractivity contribution in [2.45, 2.75) is 6.92 Å². The van der Waals surface area contributed by atoms with Crippen LogP contribution < -0.4 is 0 Å². The second kappa shape index (κ2) is 5.14. The van der Waals surface area contributed by atoms with E-state index in [1.54, 1.807) is 13.0 Å². The fourth-order valence-electron chi connectivity index (χ4n) is 1.66. The van der Waals surface area contributed by atoms with Gasteiger partial charge in [-0.05, 0) is 65.4 Å². The highest BCUT2D eigenvalue weighted by Gasteiger charge is 2.15. The second-order valence-electron chi connectivity index (χ2n) is 3.91. The van der Waals surface area contributed by atoms with E-state index >= 15 is 0 Å². The summed E-state index contributed by atoms with van der Waals surface area (Å²) in [6, 6.07) is 7.99. The fraction of sp³-hybridized carbons (Fsp3) is 0.0714. The van der Waals surface area contributed by atoms with Crippen LogP contribution >= 0.6 is 22.6 Å². The molecule has 92 valence electrons. The highest BCUT2D eigenvalue weighted by Crippen LogP contribution is 2.20. The largest absolute Gasteiger partial charge is 0.289 e. The van der Waals surface area contributed by atoms with Crippen LogP contribution in [0.4, 0.5) is 8.78 Å². The average Bonchev–Trinajstić information content (AvgIpc) is 2.31. The Morgan fingerprint density at radius 2 is 1.61 bits per heavy atom. The lowest BCUT2D eigenvalue weighted by molar-refractivity contribution is 0.103. The van der Waals surface area contributed by atoms with Crippen molar-refractivity contribution in [2.75, 3.05) is 0 Å². The van der Waals surface area contributed by atoms with Gasteiger partial charge in [-0.25, -0.2) is 8.78 Å². The number of aryl methyl sites for hydroxylation is 1. The van der Waals surface area contributed by atoms with Gasteiger partial charge in [-0.2, -0.15) is 0 Å². The maximum absolute atomic E-state index is 13.2. The number of hydrogen-bond donors (Lipinski definition) is 0. The Hall–Kier alpha value is -1.30. The van der Waals surface area contributed by atoms with Gasteiger partial charge in [-0.1, -0.05) is 6.07 Å². The first-order chi connectivity index (χ1) is 8.49. The minimum absolute atomic E-state index is 0.295. The molecule has 0 atom stereocenters. The smallest absolute Gasteiger partial charge is 0.194 e. The van der Waals surface area contributed by atoms with Crippen molar-refractivity contribution in [3.63, 3.8) is 0 Å². The maximum Gasteiger partial charge on any atom is 0.194 e. The third-order valence-corrected chi connectivity index (χ3v) is 3.51. The summed E-state index contributed by atoms with van der Waals surface area (Å²) in [6.07, 6.45) is 0. The Labute approximate surface area is 117 Å². The van der Waals surface area contributed by atoms with Crippen molar-refractivity contribution in [2.24, 2.45) is 0 Å².